The predicted octanol–water partition coefficient (Wildman–Crippen LogP) is 1.35. The summed E-state index contributed by atoms with van der Waals surface area (Å²) >= 11 is 0. The highest BCUT2D eigenvalue weighted by atomic mass is 32.2. The Labute approximate surface area is 145 Å². The van der Waals surface area contributed by atoms with Gasteiger partial charge in [-0.25, -0.2) is 0 Å². The molecule has 0 aliphatic heterocycles. The molecule has 0 atom stereocenters. The molecule has 0 amide bonds. The van der Waals surface area contributed by atoms with Gasteiger partial charge in [-0.2, -0.15) is 16.8 Å². The van der Waals surface area contributed by atoms with E-state index in [0.717, 1.165) is 11.6 Å². The lowest BCUT2D eigenvalue weighted by molar-refractivity contribution is 0.412. The molecule has 25 heavy (non-hydrogen) atoms. The highest BCUT2D eigenvalue weighted by Crippen LogP contribution is 2.23. The monoisotopic (exact) mass is 390 g/mol. The van der Waals surface area contributed by atoms with Crippen LogP contribution in [0.5, 0.6) is 5.75 Å². The second-order valence-corrected chi connectivity index (χ2v) is 7.68. The molecule has 6 N–H and O–H groups in total. The average Bonchev–Trinajstić information content (AvgIpc) is 2.48. The van der Waals surface area contributed by atoms with Crippen molar-refractivity contribution in [2.45, 2.75) is 16.7 Å². The summed E-state index contributed by atoms with van der Waals surface area (Å²) in [6.07, 6.45) is 0. The van der Waals surface area contributed by atoms with Gasteiger partial charge in [0.15, 0.2) is 0 Å². The first-order valence-electron chi connectivity index (χ1n) is 6.61. The van der Waals surface area contributed by atoms with Crippen molar-refractivity contribution in [3.63, 3.8) is 0 Å². The van der Waals surface area contributed by atoms with Gasteiger partial charge in [-0.15, -0.1) is 0 Å². The van der Waals surface area contributed by atoms with E-state index in [9.17, 15) is 16.8 Å². The summed E-state index contributed by atoms with van der Waals surface area (Å²) in [4.78, 5) is -0.575. The van der Waals surface area contributed by atoms with Crippen molar-refractivity contribution in [2.75, 3.05) is 18.6 Å². The summed E-state index contributed by atoms with van der Waals surface area (Å²) in [5.41, 5.74) is 11.5. The Kier molecular flexibility index (Phi) is 6.37. The minimum atomic E-state index is -4.27. The maximum Gasteiger partial charge on any atom is 0.296 e. The molecule has 0 aliphatic rings. The predicted molar refractivity (Wildman–Crippen MR) is 92.6 cm³/mol. The molecule has 0 bridgehead atoms. The molecule has 0 unspecified atom stereocenters. The molecule has 9 nitrogen and oxygen atoms in total. The van der Waals surface area contributed by atoms with Crippen molar-refractivity contribution < 1.29 is 30.7 Å². The van der Waals surface area contributed by atoms with Gasteiger partial charge in [0, 0.05) is 6.07 Å². The van der Waals surface area contributed by atoms with Crippen molar-refractivity contribution >= 4 is 31.6 Å². The lowest BCUT2D eigenvalue weighted by Gasteiger charge is -2.04. The van der Waals surface area contributed by atoms with E-state index in [1.165, 1.54) is 31.4 Å². The van der Waals surface area contributed by atoms with Crippen molar-refractivity contribution in [3.8, 4) is 5.75 Å². The van der Waals surface area contributed by atoms with E-state index in [0.29, 0.717) is 5.75 Å². The fourth-order valence-corrected chi connectivity index (χ4v) is 3.06. The molecule has 11 heteroatoms. The van der Waals surface area contributed by atoms with Gasteiger partial charge in [0.25, 0.3) is 20.2 Å². The van der Waals surface area contributed by atoms with Crippen molar-refractivity contribution in [3.05, 3.63) is 42.0 Å². The Morgan fingerprint density at radius 2 is 1.28 bits per heavy atom. The fraction of sp³-hybridized carbons (Fsp3) is 0.143. The first-order chi connectivity index (χ1) is 11.4. The molecule has 2 rings (SSSR count). The summed E-state index contributed by atoms with van der Waals surface area (Å²) < 4.78 is 65.0. The highest BCUT2D eigenvalue weighted by Gasteiger charge is 2.14. The Bertz CT molecular complexity index is 971. The van der Waals surface area contributed by atoms with Gasteiger partial charge in [0.05, 0.1) is 18.5 Å². The smallest absolute Gasteiger partial charge is 0.296 e. The summed E-state index contributed by atoms with van der Waals surface area (Å²) in [6.45, 7) is 1.72. The lowest BCUT2D eigenvalue weighted by atomic mass is 10.2. The zero-order valence-electron chi connectivity index (χ0n) is 13.4. The van der Waals surface area contributed by atoms with E-state index < -0.39 is 20.2 Å². The summed E-state index contributed by atoms with van der Waals surface area (Å²) in [5.74, 6) is 0.321. The van der Waals surface area contributed by atoms with E-state index in [-0.39, 0.29) is 21.2 Å². The van der Waals surface area contributed by atoms with Gasteiger partial charge in [-0.05, 0) is 36.8 Å². The molecular weight excluding hydrogens is 372 g/mol. The number of aryl methyl sites for hydroxylation is 1. The van der Waals surface area contributed by atoms with Crippen LogP contribution in [0.4, 0.5) is 11.4 Å². The number of ether oxygens (including phenoxy) is 1. The molecule has 2 aromatic rings. The SMILES string of the molecule is COc1ccc(N)c(S(=O)(=O)O)c1.Cc1ccc(N)c(S(=O)(=O)O)c1. The second kappa shape index (κ2) is 7.70. The van der Waals surface area contributed by atoms with Gasteiger partial charge < -0.3 is 16.2 Å². The molecule has 0 spiro atoms. The zero-order chi connectivity index (χ0) is 19.4. The van der Waals surface area contributed by atoms with Crippen LogP contribution >= 0.6 is 0 Å². The van der Waals surface area contributed by atoms with E-state index in [2.05, 4.69) is 0 Å². The lowest BCUT2D eigenvalue weighted by Crippen LogP contribution is -2.03. The van der Waals surface area contributed by atoms with Crippen molar-refractivity contribution in [2.24, 2.45) is 0 Å². The standard InChI is InChI=1S/C7H9NO4S.C7H9NO3S/c1-12-5-2-3-6(8)7(4-5)13(9,10)11;1-5-2-3-6(8)7(4-5)12(9,10)11/h2-4H,8H2,1H3,(H,9,10,11);2-4H,8H2,1H3,(H,9,10,11). The van der Waals surface area contributed by atoms with Gasteiger partial charge >= 0.3 is 0 Å². The third kappa shape index (κ3) is 5.90. The van der Waals surface area contributed by atoms with Crippen molar-refractivity contribution in [1.29, 1.82) is 0 Å². The van der Waals surface area contributed by atoms with Crippen LogP contribution in [0, 0.1) is 6.92 Å². The number of benzene rings is 2. The average molecular weight is 390 g/mol. The summed E-state index contributed by atoms with van der Waals surface area (Å²) in [7, 11) is -7.06. The number of rotatable bonds is 3. The molecule has 0 fully saturated rings. The Morgan fingerprint density at radius 1 is 0.840 bits per heavy atom. The Hall–Kier alpha value is -2.34. The van der Waals surface area contributed by atoms with E-state index in [1.54, 1.807) is 13.0 Å². The van der Waals surface area contributed by atoms with Gasteiger partial charge in [0.1, 0.15) is 15.5 Å². The normalized spacial score (nSPS) is 11.4. The summed E-state index contributed by atoms with van der Waals surface area (Å²) in [6, 6.07) is 8.45. The van der Waals surface area contributed by atoms with Crippen LogP contribution in [0.25, 0.3) is 0 Å². The number of hydrogen-bond acceptors (Lipinski definition) is 7. The van der Waals surface area contributed by atoms with Gasteiger partial charge in [0.2, 0.25) is 0 Å². The van der Waals surface area contributed by atoms with Gasteiger partial charge in [-0.3, -0.25) is 9.11 Å². The van der Waals surface area contributed by atoms with Crippen LogP contribution in [0.2, 0.25) is 0 Å². The Morgan fingerprint density at radius 3 is 1.68 bits per heavy atom. The molecular formula is C14H18N2O7S2. The summed E-state index contributed by atoms with van der Waals surface area (Å²) in [5, 5.41) is 0. The number of nitrogen functional groups attached to an aromatic ring is 2. The molecule has 0 saturated heterocycles. The number of hydrogen-bond donors (Lipinski definition) is 4. The van der Waals surface area contributed by atoms with Crippen LogP contribution in [0.1, 0.15) is 5.56 Å². The van der Waals surface area contributed by atoms with Crippen LogP contribution < -0.4 is 16.2 Å². The van der Waals surface area contributed by atoms with Crippen molar-refractivity contribution in [1.82, 2.24) is 0 Å². The quantitative estimate of drug-likeness (QED) is 0.446. The topological polar surface area (TPSA) is 170 Å². The minimum absolute atomic E-state index is 0.0108. The second-order valence-electron chi connectivity index (χ2n) is 4.90. The van der Waals surface area contributed by atoms with E-state index in [4.69, 9.17) is 25.3 Å². The van der Waals surface area contributed by atoms with Crippen LogP contribution in [-0.4, -0.2) is 33.1 Å². The first kappa shape index (κ1) is 20.7. The molecule has 0 radical (unpaired) electrons. The Balaban J connectivity index is 0.000000251. The molecule has 0 saturated carbocycles. The number of anilines is 2. The number of methoxy groups -OCH3 is 1. The fourth-order valence-electron chi connectivity index (χ4n) is 1.73. The minimum Gasteiger partial charge on any atom is -0.497 e. The highest BCUT2D eigenvalue weighted by molar-refractivity contribution is 7.86. The van der Waals surface area contributed by atoms with Crippen LogP contribution in [-0.2, 0) is 20.2 Å². The zero-order valence-corrected chi connectivity index (χ0v) is 15.0. The first-order valence-corrected chi connectivity index (χ1v) is 9.49. The maximum atomic E-state index is 10.7. The largest absolute Gasteiger partial charge is 0.497 e. The number of nitrogens with two attached hydrogens (primary N) is 2. The molecule has 0 aliphatic carbocycles. The van der Waals surface area contributed by atoms with Gasteiger partial charge in [-0.1, -0.05) is 6.07 Å². The van der Waals surface area contributed by atoms with Crippen LogP contribution in [0.15, 0.2) is 46.2 Å². The van der Waals surface area contributed by atoms with E-state index in [1.807, 2.05) is 0 Å². The van der Waals surface area contributed by atoms with Crippen LogP contribution in [0.3, 0.4) is 0 Å². The molecule has 0 heterocycles. The third-order valence-electron chi connectivity index (χ3n) is 2.95. The molecule has 138 valence electrons. The molecule has 2 aromatic carbocycles. The third-order valence-corrected chi connectivity index (χ3v) is 4.76. The molecule has 0 aromatic heterocycles. The van der Waals surface area contributed by atoms with E-state index >= 15 is 0 Å². The maximum absolute atomic E-state index is 10.7.